The highest BCUT2D eigenvalue weighted by atomic mass is 16.5. The molecule has 0 spiro atoms. The molecule has 1 fully saturated rings. The van der Waals surface area contributed by atoms with Crippen LogP contribution in [0.2, 0.25) is 0 Å². The molecule has 3 aromatic carbocycles. The molecule has 0 saturated carbocycles. The standard InChI is InChI=1S/C26H26N2O4/c1-31-24-9-5-8-22(18-24)26(30)28-16-14-27(15-17-28)25(29)19-32-23-12-10-21(11-13-23)20-6-3-2-4-7-20/h2-13,18H,14-17,19H2,1H3. The van der Waals surface area contributed by atoms with Crippen molar-refractivity contribution in [1.29, 1.82) is 0 Å². The van der Waals surface area contributed by atoms with E-state index in [0.29, 0.717) is 43.2 Å². The summed E-state index contributed by atoms with van der Waals surface area (Å²) in [6, 6.07) is 24.9. The van der Waals surface area contributed by atoms with Gasteiger partial charge in [-0.05, 0) is 41.5 Å². The second kappa shape index (κ2) is 10.0. The first-order chi connectivity index (χ1) is 15.6. The van der Waals surface area contributed by atoms with E-state index in [0.717, 1.165) is 11.1 Å². The van der Waals surface area contributed by atoms with E-state index in [1.807, 2.05) is 48.5 Å². The fraction of sp³-hybridized carbons (Fsp3) is 0.231. The molecule has 0 unspecified atom stereocenters. The van der Waals surface area contributed by atoms with Gasteiger partial charge in [0.05, 0.1) is 7.11 Å². The van der Waals surface area contributed by atoms with Gasteiger partial charge in [0.2, 0.25) is 0 Å². The zero-order chi connectivity index (χ0) is 22.3. The molecule has 6 nitrogen and oxygen atoms in total. The predicted molar refractivity (Wildman–Crippen MR) is 123 cm³/mol. The van der Waals surface area contributed by atoms with E-state index in [1.54, 1.807) is 35.1 Å². The Morgan fingerprint density at radius 2 is 1.41 bits per heavy atom. The maximum atomic E-state index is 12.7. The number of rotatable bonds is 6. The lowest BCUT2D eigenvalue weighted by Gasteiger charge is -2.34. The fourth-order valence-electron chi connectivity index (χ4n) is 3.71. The topological polar surface area (TPSA) is 59.1 Å². The van der Waals surface area contributed by atoms with Crippen LogP contribution in [0.5, 0.6) is 11.5 Å². The molecule has 0 aromatic heterocycles. The highest BCUT2D eigenvalue weighted by Gasteiger charge is 2.25. The molecule has 1 aliphatic rings. The third kappa shape index (κ3) is 5.09. The lowest BCUT2D eigenvalue weighted by molar-refractivity contribution is -0.134. The number of nitrogens with zero attached hydrogens (tertiary/aromatic N) is 2. The largest absolute Gasteiger partial charge is 0.497 e. The number of piperazine rings is 1. The minimum absolute atomic E-state index is 0.0193. The Bertz CT molecular complexity index is 1060. The molecule has 1 aliphatic heterocycles. The molecule has 6 heteroatoms. The molecule has 4 rings (SSSR count). The van der Waals surface area contributed by atoms with Gasteiger partial charge in [-0.1, -0.05) is 48.5 Å². The Labute approximate surface area is 188 Å². The van der Waals surface area contributed by atoms with E-state index in [9.17, 15) is 9.59 Å². The molecule has 1 heterocycles. The van der Waals surface area contributed by atoms with Gasteiger partial charge in [-0.3, -0.25) is 9.59 Å². The minimum Gasteiger partial charge on any atom is -0.497 e. The summed E-state index contributed by atoms with van der Waals surface area (Å²) in [5, 5.41) is 0. The van der Waals surface area contributed by atoms with Crippen molar-refractivity contribution in [2.24, 2.45) is 0 Å². The van der Waals surface area contributed by atoms with Crippen molar-refractivity contribution < 1.29 is 19.1 Å². The van der Waals surface area contributed by atoms with Crippen LogP contribution in [0.4, 0.5) is 0 Å². The van der Waals surface area contributed by atoms with Gasteiger partial charge in [0, 0.05) is 31.7 Å². The lowest BCUT2D eigenvalue weighted by Crippen LogP contribution is -2.51. The SMILES string of the molecule is COc1cccc(C(=O)N2CCN(C(=O)COc3ccc(-c4ccccc4)cc3)CC2)c1. The van der Waals surface area contributed by atoms with Crippen molar-refractivity contribution in [3.8, 4) is 22.6 Å². The van der Waals surface area contributed by atoms with Crippen molar-refractivity contribution in [2.75, 3.05) is 39.9 Å². The van der Waals surface area contributed by atoms with Crippen LogP contribution < -0.4 is 9.47 Å². The summed E-state index contributed by atoms with van der Waals surface area (Å²) in [7, 11) is 1.58. The van der Waals surface area contributed by atoms with Crippen LogP contribution in [-0.4, -0.2) is 61.5 Å². The molecular formula is C26H26N2O4. The number of methoxy groups -OCH3 is 1. The quantitative estimate of drug-likeness (QED) is 0.598. The van der Waals surface area contributed by atoms with Crippen LogP contribution >= 0.6 is 0 Å². The summed E-state index contributed by atoms with van der Waals surface area (Å²) in [6.07, 6.45) is 0. The molecule has 3 aromatic rings. The number of carbonyl (C=O) groups excluding carboxylic acids is 2. The van der Waals surface area contributed by atoms with Crippen molar-refractivity contribution in [3.05, 3.63) is 84.4 Å². The van der Waals surface area contributed by atoms with E-state index in [1.165, 1.54) is 0 Å². The van der Waals surface area contributed by atoms with Crippen LogP contribution in [0.1, 0.15) is 10.4 Å². The summed E-state index contributed by atoms with van der Waals surface area (Å²) in [5.41, 5.74) is 2.82. The number of hydrogen-bond acceptors (Lipinski definition) is 4. The average molecular weight is 431 g/mol. The fourth-order valence-corrected chi connectivity index (χ4v) is 3.71. The Morgan fingerprint density at radius 1 is 0.750 bits per heavy atom. The third-order valence-corrected chi connectivity index (χ3v) is 5.56. The molecule has 0 atom stereocenters. The van der Waals surface area contributed by atoms with Crippen LogP contribution in [-0.2, 0) is 4.79 Å². The number of ether oxygens (including phenoxy) is 2. The Balaban J connectivity index is 1.26. The zero-order valence-electron chi connectivity index (χ0n) is 18.1. The maximum absolute atomic E-state index is 12.7. The first-order valence-electron chi connectivity index (χ1n) is 10.6. The molecule has 2 amide bonds. The summed E-state index contributed by atoms with van der Waals surface area (Å²) in [5.74, 6) is 1.18. The first kappa shape index (κ1) is 21.4. The van der Waals surface area contributed by atoms with Crippen molar-refractivity contribution in [3.63, 3.8) is 0 Å². The first-order valence-corrected chi connectivity index (χ1v) is 10.6. The van der Waals surface area contributed by atoms with Gasteiger partial charge in [0.1, 0.15) is 11.5 Å². The van der Waals surface area contributed by atoms with Gasteiger partial charge in [-0.15, -0.1) is 0 Å². The third-order valence-electron chi connectivity index (χ3n) is 5.56. The van der Waals surface area contributed by atoms with Gasteiger partial charge in [0.15, 0.2) is 6.61 Å². The number of amides is 2. The van der Waals surface area contributed by atoms with E-state index in [-0.39, 0.29) is 18.4 Å². The van der Waals surface area contributed by atoms with Gasteiger partial charge in [-0.25, -0.2) is 0 Å². The molecule has 0 aliphatic carbocycles. The molecule has 0 N–H and O–H groups in total. The van der Waals surface area contributed by atoms with Gasteiger partial charge < -0.3 is 19.3 Å². The summed E-state index contributed by atoms with van der Waals surface area (Å²) in [6.45, 7) is 1.95. The van der Waals surface area contributed by atoms with E-state index in [4.69, 9.17) is 9.47 Å². The minimum atomic E-state index is -0.0781. The van der Waals surface area contributed by atoms with Gasteiger partial charge in [-0.2, -0.15) is 0 Å². The molecule has 0 radical (unpaired) electrons. The zero-order valence-corrected chi connectivity index (χ0v) is 18.1. The van der Waals surface area contributed by atoms with Gasteiger partial charge in [0.25, 0.3) is 11.8 Å². The normalized spacial score (nSPS) is 13.5. The van der Waals surface area contributed by atoms with Crippen LogP contribution in [0, 0.1) is 0 Å². The van der Waals surface area contributed by atoms with Crippen molar-refractivity contribution in [1.82, 2.24) is 9.80 Å². The van der Waals surface area contributed by atoms with Crippen molar-refractivity contribution in [2.45, 2.75) is 0 Å². The average Bonchev–Trinajstić information content (AvgIpc) is 2.88. The van der Waals surface area contributed by atoms with Crippen LogP contribution in [0.15, 0.2) is 78.9 Å². The van der Waals surface area contributed by atoms with Crippen LogP contribution in [0.3, 0.4) is 0 Å². The van der Waals surface area contributed by atoms with E-state index in [2.05, 4.69) is 12.1 Å². The van der Waals surface area contributed by atoms with E-state index < -0.39 is 0 Å². The summed E-state index contributed by atoms with van der Waals surface area (Å²) < 4.78 is 10.9. The smallest absolute Gasteiger partial charge is 0.260 e. The summed E-state index contributed by atoms with van der Waals surface area (Å²) >= 11 is 0. The van der Waals surface area contributed by atoms with E-state index >= 15 is 0 Å². The summed E-state index contributed by atoms with van der Waals surface area (Å²) in [4.78, 5) is 28.8. The van der Waals surface area contributed by atoms with Crippen molar-refractivity contribution >= 4 is 11.8 Å². The molecule has 164 valence electrons. The molecular weight excluding hydrogens is 404 g/mol. The Morgan fingerprint density at radius 3 is 2.09 bits per heavy atom. The number of carbonyl (C=O) groups is 2. The molecule has 1 saturated heterocycles. The highest BCUT2D eigenvalue weighted by molar-refractivity contribution is 5.94. The predicted octanol–water partition coefficient (Wildman–Crippen LogP) is 3.73. The lowest BCUT2D eigenvalue weighted by atomic mass is 10.1. The Hall–Kier alpha value is -3.80. The second-order valence-electron chi connectivity index (χ2n) is 7.58. The Kier molecular flexibility index (Phi) is 6.70. The van der Waals surface area contributed by atoms with Crippen LogP contribution in [0.25, 0.3) is 11.1 Å². The second-order valence-corrected chi connectivity index (χ2v) is 7.58. The maximum Gasteiger partial charge on any atom is 0.260 e. The highest BCUT2D eigenvalue weighted by Crippen LogP contribution is 2.22. The number of hydrogen-bond donors (Lipinski definition) is 0. The van der Waals surface area contributed by atoms with Gasteiger partial charge >= 0.3 is 0 Å². The molecule has 0 bridgehead atoms. The monoisotopic (exact) mass is 430 g/mol. The number of benzene rings is 3. The molecule has 32 heavy (non-hydrogen) atoms.